The number of ether oxygens (including phenoxy) is 5. The average Bonchev–Trinajstić information content (AvgIpc) is 3.49. The number of thioether (sulfide) groups is 3. The summed E-state index contributed by atoms with van der Waals surface area (Å²) in [5.74, 6) is -2.46. The Balaban J connectivity index is 1.79. The summed E-state index contributed by atoms with van der Waals surface area (Å²) in [4.78, 5) is 70.2. The van der Waals surface area contributed by atoms with Crippen LogP contribution in [0.5, 0.6) is 5.75 Å². The van der Waals surface area contributed by atoms with Crippen LogP contribution in [-0.4, -0.2) is 75.0 Å². The number of fused-ring (bicyclic) bond motifs is 3. The van der Waals surface area contributed by atoms with Crippen molar-refractivity contribution in [1.82, 2.24) is 0 Å². The zero-order valence-corrected chi connectivity index (χ0v) is 30.5. The number of methoxy groups -OCH3 is 5. The molecule has 0 atom stereocenters. The van der Waals surface area contributed by atoms with Gasteiger partial charge in [0, 0.05) is 22.5 Å². The molecule has 3 heterocycles. The topological polar surface area (TPSA) is 135 Å². The van der Waals surface area contributed by atoms with Crippen LogP contribution in [-0.2, 0) is 42.9 Å². The molecule has 14 heteroatoms. The van der Waals surface area contributed by atoms with Gasteiger partial charge >= 0.3 is 23.9 Å². The molecule has 1 amide bonds. The Morgan fingerprint density at radius 3 is 1.90 bits per heavy atom. The van der Waals surface area contributed by atoms with E-state index in [-0.39, 0.29) is 26.2 Å². The highest BCUT2D eigenvalue weighted by Crippen LogP contribution is 2.71. The molecule has 0 N–H and O–H groups in total. The number of hydrogen-bond donors (Lipinski definition) is 0. The molecule has 0 aromatic heterocycles. The molecule has 4 aliphatic rings. The molecular formula is C34H39NO10S3. The third kappa shape index (κ3) is 6.04. The van der Waals surface area contributed by atoms with Crippen LogP contribution in [0, 0.1) is 5.92 Å². The minimum atomic E-state index is -1.65. The van der Waals surface area contributed by atoms with E-state index in [1.807, 2.05) is 13.8 Å². The van der Waals surface area contributed by atoms with E-state index in [2.05, 4.69) is 0 Å². The Morgan fingerprint density at radius 1 is 0.792 bits per heavy atom. The van der Waals surface area contributed by atoms with Crippen LogP contribution in [0.1, 0.15) is 64.4 Å². The monoisotopic (exact) mass is 717 g/mol. The first kappa shape index (κ1) is 35.9. The quantitative estimate of drug-likeness (QED) is 0.231. The second-order valence-electron chi connectivity index (χ2n) is 12.2. The van der Waals surface area contributed by atoms with Crippen LogP contribution in [0.15, 0.2) is 43.4 Å². The number of carbonyl (C=O) groups is 5. The predicted molar refractivity (Wildman–Crippen MR) is 185 cm³/mol. The summed E-state index contributed by atoms with van der Waals surface area (Å²) < 4.78 is 24.5. The van der Waals surface area contributed by atoms with E-state index in [1.54, 1.807) is 23.1 Å². The molecule has 1 aromatic rings. The van der Waals surface area contributed by atoms with E-state index in [4.69, 9.17) is 23.7 Å². The molecule has 3 aliphatic heterocycles. The lowest BCUT2D eigenvalue weighted by Crippen LogP contribution is -2.53. The van der Waals surface area contributed by atoms with Gasteiger partial charge in [-0.05, 0) is 44.4 Å². The number of rotatable bonds is 8. The lowest BCUT2D eigenvalue weighted by Gasteiger charge is -2.51. The van der Waals surface area contributed by atoms with Gasteiger partial charge in [0.25, 0.3) is 0 Å². The van der Waals surface area contributed by atoms with Gasteiger partial charge in [-0.1, -0.05) is 67.4 Å². The molecule has 48 heavy (non-hydrogen) atoms. The molecule has 5 rings (SSSR count). The van der Waals surface area contributed by atoms with E-state index < -0.39 is 33.5 Å². The van der Waals surface area contributed by atoms with Gasteiger partial charge in [-0.25, -0.2) is 19.2 Å². The van der Waals surface area contributed by atoms with Crippen LogP contribution in [0.25, 0.3) is 5.57 Å². The van der Waals surface area contributed by atoms with Gasteiger partial charge in [-0.15, -0.1) is 0 Å². The normalized spacial score (nSPS) is 19.9. The number of nitrogens with zero attached hydrogens (tertiary/aromatic N) is 1. The average molecular weight is 718 g/mol. The Labute approximate surface area is 292 Å². The summed E-state index contributed by atoms with van der Waals surface area (Å²) >= 11 is 2.79. The van der Waals surface area contributed by atoms with Crippen LogP contribution >= 0.6 is 35.3 Å². The fourth-order valence-electron chi connectivity index (χ4n) is 6.78. The minimum Gasteiger partial charge on any atom is -0.497 e. The largest absolute Gasteiger partial charge is 0.497 e. The maximum Gasteiger partial charge on any atom is 0.345 e. The Hall–Kier alpha value is -3.36. The molecule has 0 saturated heterocycles. The van der Waals surface area contributed by atoms with E-state index in [0.29, 0.717) is 39.8 Å². The van der Waals surface area contributed by atoms with Crippen molar-refractivity contribution in [1.29, 1.82) is 0 Å². The van der Waals surface area contributed by atoms with Crippen molar-refractivity contribution in [3.05, 3.63) is 49.0 Å². The Bertz CT molecular complexity index is 1630. The number of anilines is 1. The first-order valence-electron chi connectivity index (χ1n) is 15.5. The van der Waals surface area contributed by atoms with Crippen molar-refractivity contribution < 1.29 is 47.7 Å². The molecule has 1 aliphatic carbocycles. The lowest BCUT2D eigenvalue weighted by molar-refractivity contribution is -0.138. The number of carbonyl (C=O) groups excluding carboxylic acids is 5. The molecular weight excluding hydrogens is 679 g/mol. The van der Waals surface area contributed by atoms with E-state index in [0.717, 1.165) is 54.5 Å². The first-order chi connectivity index (χ1) is 22.9. The molecule has 0 radical (unpaired) electrons. The first-order valence-corrected chi connectivity index (χ1v) is 18.0. The fourth-order valence-corrected chi connectivity index (χ4v) is 11.8. The number of amides is 1. The summed E-state index contributed by atoms with van der Waals surface area (Å²) in [5.41, 5.74) is 0.400. The van der Waals surface area contributed by atoms with E-state index in [9.17, 15) is 24.0 Å². The van der Waals surface area contributed by atoms with Crippen LogP contribution < -0.4 is 9.64 Å². The summed E-state index contributed by atoms with van der Waals surface area (Å²) in [6.45, 7) is 3.76. The van der Waals surface area contributed by atoms with Crippen molar-refractivity contribution >= 4 is 76.3 Å². The predicted octanol–water partition coefficient (Wildman–Crippen LogP) is 5.97. The summed E-state index contributed by atoms with van der Waals surface area (Å²) in [6.07, 6.45) is 6.86. The van der Waals surface area contributed by atoms with Crippen molar-refractivity contribution in [2.75, 3.05) is 40.4 Å². The molecule has 0 unspecified atom stereocenters. The number of benzene rings is 1. The smallest absolute Gasteiger partial charge is 0.345 e. The molecule has 258 valence electrons. The zero-order chi connectivity index (χ0) is 35.0. The molecule has 1 saturated carbocycles. The highest BCUT2D eigenvalue weighted by atomic mass is 32.2. The van der Waals surface area contributed by atoms with Gasteiger partial charge in [0.15, 0.2) is 0 Å². The highest BCUT2D eigenvalue weighted by Gasteiger charge is 2.61. The second kappa shape index (κ2) is 14.2. The van der Waals surface area contributed by atoms with Crippen molar-refractivity contribution in [2.45, 2.75) is 68.4 Å². The zero-order valence-electron chi connectivity index (χ0n) is 28.0. The van der Waals surface area contributed by atoms with Crippen LogP contribution in [0.3, 0.4) is 0 Å². The lowest BCUT2D eigenvalue weighted by atomic mass is 9.82. The van der Waals surface area contributed by atoms with Gasteiger partial charge < -0.3 is 28.6 Å². The van der Waals surface area contributed by atoms with E-state index >= 15 is 0 Å². The molecule has 11 nitrogen and oxygen atoms in total. The summed E-state index contributed by atoms with van der Waals surface area (Å²) in [7, 11) is 6.25. The molecule has 1 aromatic carbocycles. The van der Waals surface area contributed by atoms with Crippen molar-refractivity contribution in [3.8, 4) is 5.75 Å². The van der Waals surface area contributed by atoms with Gasteiger partial charge in [-0.2, -0.15) is 0 Å². The third-order valence-electron chi connectivity index (χ3n) is 9.09. The third-order valence-corrected chi connectivity index (χ3v) is 13.7. The van der Waals surface area contributed by atoms with Gasteiger partial charge in [0.2, 0.25) is 5.91 Å². The Morgan fingerprint density at radius 2 is 1.35 bits per heavy atom. The van der Waals surface area contributed by atoms with Crippen molar-refractivity contribution in [3.63, 3.8) is 0 Å². The molecule has 1 fully saturated rings. The maximum absolute atomic E-state index is 14.4. The van der Waals surface area contributed by atoms with Gasteiger partial charge in [0.05, 0.1) is 52.3 Å². The van der Waals surface area contributed by atoms with Crippen LogP contribution in [0.4, 0.5) is 5.69 Å². The van der Waals surface area contributed by atoms with E-state index in [1.165, 1.54) is 54.8 Å². The SMILES string of the molecule is COC(=O)C1=C(C(=O)OC)SC2(S1)C(C(=O)OC)=C(C(=O)OC)SC1=C2c2cc(OC)ccc2N(C(=O)CCC2CCCCC2)C1(C)C. The molecule has 1 spiro atoms. The highest BCUT2D eigenvalue weighted by molar-refractivity contribution is 8.26. The second-order valence-corrected chi connectivity index (χ2v) is 15.9. The Kier molecular flexibility index (Phi) is 10.7. The fraction of sp³-hybridized carbons (Fsp3) is 0.500. The van der Waals surface area contributed by atoms with Gasteiger partial charge in [-0.3, -0.25) is 4.79 Å². The number of esters is 4. The van der Waals surface area contributed by atoms with Gasteiger partial charge in [0.1, 0.15) is 24.5 Å². The molecule has 0 bridgehead atoms. The van der Waals surface area contributed by atoms with Crippen LogP contribution in [0.2, 0.25) is 0 Å². The standard InChI is InChI=1S/C34H39NO10S3/c1-33(2)28-23(20-17-19(41-3)14-15-21(20)35(33)22(36)16-13-18-11-9-8-10-12-18)34(24(29(37)42-4)25(46-28)30(38)43-5)47-26(31(39)44-6)27(48-34)32(40)45-7/h14-15,17-18H,8-13,16H2,1-7H3. The number of hydrogen-bond acceptors (Lipinski definition) is 13. The maximum atomic E-state index is 14.4. The minimum absolute atomic E-state index is 0.0871. The summed E-state index contributed by atoms with van der Waals surface area (Å²) in [5, 5.41) is 0. The summed E-state index contributed by atoms with van der Waals surface area (Å²) in [6, 6.07) is 5.32. The van der Waals surface area contributed by atoms with Crippen molar-refractivity contribution in [2.24, 2.45) is 5.92 Å².